The Labute approximate surface area is 205 Å². The van der Waals surface area contributed by atoms with Gasteiger partial charge in [0.25, 0.3) is 0 Å². The van der Waals surface area contributed by atoms with Crippen LogP contribution in [-0.4, -0.2) is 10.1 Å². The van der Waals surface area contributed by atoms with Gasteiger partial charge in [0.2, 0.25) is 0 Å². The summed E-state index contributed by atoms with van der Waals surface area (Å²) in [7, 11) is 0. The van der Waals surface area contributed by atoms with Crippen molar-refractivity contribution in [3.63, 3.8) is 0 Å². The van der Waals surface area contributed by atoms with Gasteiger partial charge in [0.15, 0.2) is 0 Å². The van der Waals surface area contributed by atoms with Gasteiger partial charge in [0.05, 0.1) is 0 Å². The SMILES string of the molecule is CC(C)c1cc(CC2CC2)cc(-c2c(O)cc(-c3ccc(OCc4cccnc4)cc3)oc2=O)c1. The number of pyridine rings is 1. The Kier molecular flexibility index (Phi) is 6.41. The Hall–Kier alpha value is -3.86. The fourth-order valence-corrected chi connectivity index (χ4v) is 4.22. The molecule has 0 spiro atoms. The first-order chi connectivity index (χ1) is 17.0. The van der Waals surface area contributed by atoms with Gasteiger partial charge in [-0.2, -0.15) is 0 Å². The molecule has 5 heteroatoms. The second-order valence-electron chi connectivity index (χ2n) is 9.60. The molecular weight excluding hydrogens is 438 g/mol. The largest absolute Gasteiger partial charge is 0.507 e. The van der Waals surface area contributed by atoms with Crippen molar-refractivity contribution in [2.45, 2.75) is 45.6 Å². The number of hydrogen-bond donors (Lipinski definition) is 1. The van der Waals surface area contributed by atoms with Gasteiger partial charge in [-0.15, -0.1) is 0 Å². The minimum Gasteiger partial charge on any atom is -0.507 e. The van der Waals surface area contributed by atoms with Crippen LogP contribution in [0.5, 0.6) is 11.5 Å². The van der Waals surface area contributed by atoms with Gasteiger partial charge >= 0.3 is 5.63 Å². The Morgan fingerprint density at radius 2 is 1.83 bits per heavy atom. The lowest BCUT2D eigenvalue weighted by molar-refractivity contribution is 0.306. The third-order valence-electron chi connectivity index (χ3n) is 6.39. The zero-order valence-electron chi connectivity index (χ0n) is 20.0. The number of benzene rings is 2. The Morgan fingerprint density at radius 3 is 2.49 bits per heavy atom. The van der Waals surface area contributed by atoms with E-state index in [1.165, 1.54) is 24.5 Å². The second-order valence-corrected chi connectivity index (χ2v) is 9.60. The molecule has 0 bridgehead atoms. The van der Waals surface area contributed by atoms with Crippen molar-refractivity contribution in [3.05, 3.63) is 100 Å². The van der Waals surface area contributed by atoms with E-state index in [0.717, 1.165) is 23.5 Å². The molecule has 4 aromatic rings. The molecule has 0 saturated heterocycles. The lowest BCUT2D eigenvalue weighted by atomic mass is 9.93. The summed E-state index contributed by atoms with van der Waals surface area (Å²) in [6.45, 7) is 4.68. The van der Waals surface area contributed by atoms with E-state index in [4.69, 9.17) is 9.15 Å². The van der Waals surface area contributed by atoms with Gasteiger partial charge in [-0.25, -0.2) is 4.79 Å². The summed E-state index contributed by atoms with van der Waals surface area (Å²) >= 11 is 0. The van der Waals surface area contributed by atoms with Crippen molar-refractivity contribution < 1.29 is 14.3 Å². The van der Waals surface area contributed by atoms with E-state index in [1.807, 2.05) is 48.5 Å². The van der Waals surface area contributed by atoms with Gasteiger partial charge < -0.3 is 14.3 Å². The Morgan fingerprint density at radius 1 is 1.03 bits per heavy atom. The van der Waals surface area contributed by atoms with E-state index in [2.05, 4.69) is 24.9 Å². The van der Waals surface area contributed by atoms with E-state index in [1.54, 1.807) is 12.4 Å². The van der Waals surface area contributed by atoms with E-state index in [0.29, 0.717) is 35.2 Å². The molecule has 0 atom stereocenters. The molecule has 1 aliphatic rings. The molecule has 0 radical (unpaired) electrons. The van der Waals surface area contributed by atoms with Crippen LogP contribution in [0.1, 0.15) is 49.3 Å². The quantitative estimate of drug-likeness (QED) is 0.311. The van der Waals surface area contributed by atoms with E-state index in [-0.39, 0.29) is 11.3 Å². The topological polar surface area (TPSA) is 72.6 Å². The molecule has 1 saturated carbocycles. The zero-order chi connectivity index (χ0) is 24.4. The van der Waals surface area contributed by atoms with Gasteiger partial charge in [-0.05, 0) is 78.1 Å². The summed E-state index contributed by atoms with van der Waals surface area (Å²) in [6, 6.07) is 18.8. The highest BCUT2D eigenvalue weighted by Gasteiger charge is 2.23. The number of aromatic hydroxyl groups is 1. The lowest BCUT2D eigenvalue weighted by Gasteiger charge is -2.13. The van der Waals surface area contributed by atoms with E-state index in [9.17, 15) is 9.90 Å². The smallest absolute Gasteiger partial charge is 0.347 e. The van der Waals surface area contributed by atoms with E-state index >= 15 is 0 Å². The molecular formula is C30H29NO4. The predicted octanol–water partition coefficient (Wildman–Crippen LogP) is 6.73. The third kappa shape index (κ3) is 5.46. The summed E-state index contributed by atoms with van der Waals surface area (Å²) < 4.78 is 11.5. The first-order valence-corrected chi connectivity index (χ1v) is 12.1. The summed E-state index contributed by atoms with van der Waals surface area (Å²) in [5.41, 5.74) is 4.40. The van der Waals surface area contributed by atoms with Gasteiger partial charge in [0, 0.05) is 29.6 Å². The molecule has 1 N–H and O–H groups in total. The van der Waals surface area contributed by atoms with Crippen LogP contribution in [0.2, 0.25) is 0 Å². The fraction of sp³-hybridized carbons (Fsp3) is 0.267. The van der Waals surface area contributed by atoms with Crippen LogP contribution in [0.4, 0.5) is 0 Å². The molecule has 1 fully saturated rings. The average Bonchev–Trinajstić information content (AvgIpc) is 3.67. The first-order valence-electron chi connectivity index (χ1n) is 12.1. The predicted molar refractivity (Wildman–Crippen MR) is 137 cm³/mol. The minimum atomic E-state index is -0.546. The number of hydrogen-bond acceptors (Lipinski definition) is 5. The highest BCUT2D eigenvalue weighted by molar-refractivity contribution is 5.73. The summed E-state index contributed by atoms with van der Waals surface area (Å²) in [6.07, 6.45) is 7.01. The van der Waals surface area contributed by atoms with E-state index < -0.39 is 5.63 Å². The number of nitrogens with zero attached hydrogens (tertiary/aromatic N) is 1. The maximum Gasteiger partial charge on any atom is 0.347 e. The summed E-state index contributed by atoms with van der Waals surface area (Å²) in [5, 5.41) is 10.9. The fourth-order valence-electron chi connectivity index (χ4n) is 4.22. The molecule has 5 rings (SSSR count). The van der Waals surface area contributed by atoms with Gasteiger partial charge in [-0.1, -0.05) is 38.1 Å². The molecule has 2 aromatic heterocycles. The van der Waals surface area contributed by atoms with Crippen LogP contribution in [0.3, 0.4) is 0 Å². The minimum absolute atomic E-state index is 0.0774. The highest BCUT2D eigenvalue weighted by atomic mass is 16.5. The van der Waals surface area contributed by atoms with Crippen LogP contribution in [-0.2, 0) is 13.0 Å². The average molecular weight is 468 g/mol. The van der Waals surface area contributed by atoms with Crippen LogP contribution in [0.25, 0.3) is 22.5 Å². The van der Waals surface area contributed by atoms with Crippen molar-refractivity contribution in [3.8, 4) is 33.9 Å². The van der Waals surface area contributed by atoms with Gasteiger partial charge in [0.1, 0.15) is 29.4 Å². The molecule has 2 aromatic carbocycles. The molecule has 0 unspecified atom stereocenters. The lowest BCUT2D eigenvalue weighted by Crippen LogP contribution is -2.05. The van der Waals surface area contributed by atoms with Crippen LogP contribution >= 0.6 is 0 Å². The third-order valence-corrected chi connectivity index (χ3v) is 6.39. The number of ether oxygens (including phenoxy) is 1. The van der Waals surface area contributed by atoms with Gasteiger partial charge in [-0.3, -0.25) is 4.98 Å². The molecule has 2 heterocycles. The first kappa shape index (κ1) is 22.9. The Balaban J connectivity index is 1.40. The van der Waals surface area contributed by atoms with Crippen molar-refractivity contribution in [2.24, 2.45) is 5.92 Å². The van der Waals surface area contributed by atoms with Crippen molar-refractivity contribution in [1.29, 1.82) is 0 Å². The van der Waals surface area contributed by atoms with Crippen molar-refractivity contribution in [2.75, 3.05) is 0 Å². The van der Waals surface area contributed by atoms with Crippen molar-refractivity contribution in [1.82, 2.24) is 4.98 Å². The number of rotatable bonds is 8. The molecule has 1 aliphatic carbocycles. The van der Waals surface area contributed by atoms with Crippen molar-refractivity contribution >= 4 is 0 Å². The summed E-state index contributed by atoms with van der Waals surface area (Å²) in [4.78, 5) is 17.1. The number of aromatic nitrogens is 1. The molecule has 178 valence electrons. The standard InChI is InChI=1S/C30H29NO4/c1-19(2)24-13-22(12-20-5-6-20)14-25(15-24)29-27(32)16-28(35-30(29)33)23-7-9-26(10-8-23)34-18-21-4-3-11-31-17-21/h3-4,7-11,13-17,19-20,32H,5-6,12,18H2,1-2H3. The molecule has 35 heavy (non-hydrogen) atoms. The second kappa shape index (κ2) is 9.79. The Bertz CT molecular complexity index is 1370. The highest BCUT2D eigenvalue weighted by Crippen LogP contribution is 2.36. The van der Waals surface area contributed by atoms with Crippen LogP contribution in [0.15, 0.2) is 82.3 Å². The molecule has 5 nitrogen and oxygen atoms in total. The molecule has 0 amide bonds. The normalized spacial score (nSPS) is 13.2. The zero-order valence-corrected chi connectivity index (χ0v) is 20.0. The monoisotopic (exact) mass is 467 g/mol. The molecule has 0 aliphatic heterocycles. The maximum atomic E-state index is 13.0. The van der Waals surface area contributed by atoms with Crippen LogP contribution in [0, 0.1) is 5.92 Å². The summed E-state index contributed by atoms with van der Waals surface area (Å²) in [5.74, 6) is 1.98. The maximum absolute atomic E-state index is 13.0. The van der Waals surface area contributed by atoms with Crippen LogP contribution < -0.4 is 10.4 Å².